The highest BCUT2D eigenvalue weighted by atomic mass is 19.4. The SMILES string of the molecule is Cc1cnc(C(=O)N2C[C@@H]3CC[C@H]2[C@H](Oc2ccc(C(F)(F)F)cn2)C3)c(-c2ccccn2)c1. The normalized spacial score (nSPS) is 22.0. The van der Waals surface area contributed by atoms with Crippen molar-refractivity contribution in [2.45, 2.75) is 44.5 Å². The number of hydrogen-bond donors (Lipinski definition) is 0. The molecule has 1 aliphatic carbocycles. The van der Waals surface area contributed by atoms with E-state index in [1.54, 1.807) is 17.3 Å². The summed E-state index contributed by atoms with van der Waals surface area (Å²) in [4.78, 5) is 28.2. The van der Waals surface area contributed by atoms with Gasteiger partial charge in [-0.05, 0) is 61.9 Å². The second kappa shape index (κ2) is 8.70. The van der Waals surface area contributed by atoms with Crippen LogP contribution < -0.4 is 4.74 Å². The van der Waals surface area contributed by atoms with Crippen molar-refractivity contribution in [2.75, 3.05) is 6.54 Å². The van der Waals surface area contributed by atoms with E-state index >= 15 is 0 Å². The molecule has 34 heavy (non-hydrogen) atoms. The predicted octanol–water partition coefficient (Wildman–Crippen LogP) is 4.94. The summed E-state index contributed by atoms with van der Waals surface area (Å²) in [5.74, 6) is 0.182. The van der Waals surface area contributed by atoms with Gasteiger partial charge in [-0.2, -0.15) is 13.2 Å². The number of amides is 1. The van der Waals surface area contributed by atoms with Gasteiger partial charge in [0.2, 0.25) is 5.88 Å². The summed E-state index contributed by atoms with van der Waals surface area (Å²) in [7, 11) is 0. The number of carbonyl (C=O) groups is 1. The van der Waals surface area contributed by atoms with Crippen LogP contribution in [0, 0.1) is 12.8 Å². The van der Waals surface area contributed by atoms with E-state index in [0.29, 0.717) is 23.5 Å². The first-order valence-corrected chi connectivity index (χ1v) is 11.2. The Morgan fingerprint density at radius 1 is 1.09 bits per heavy atom. The number of hydrogen-bond acceptors (Lipinski definition) is 5. The van der Waals surface area contributed by atoms with Gasteiger partial charge < -0.3 is 9.64 Å². The Labute approximate surface area is 194 Å². The highest BCUT2D eigenvalue weighted by Crippen LogP contribution is 2.39. The van der Waals surface area contributed by atoms with Gasteiger partial charge in [-0.15, -0.1) is 0 Å². The van der Waals surface area contributed by atoms with Gasteiger partial charge in [0, 0.05) is 36.8 Å². The third-order valence-corrected chi connectivity index (χ3v) is 6.49. The quantitative estimate of drug-likeness (QED) is 0.543. The molecule has 2 bridgehead atoms. The minimum absolute atomic E-state index is 0.126. The highest BCUT2D eigenvalue weighted by molar-refractivity contribution is 5.99. The number of piperidine rings is 2. The lowest BCUT2D eigenvalue weighted by molar-refractivity contribution is -0.137. The van der Waals surface area contributed by atoms with Crippen LogP contribution >= 0.6 is 0 Å². The van der Waals surface area contributed by atoms with Gasteiger partial charge in [-0.3, -0.25) is 14.8 Å². The molecule has 6 nitrogen and oxygen atoms in total. The standard InChI is InChI=1S/C25H23F3N4O2/c1-15-10-18(19-4-2-3-9-29-19)23(31-12-15)24(33)32-14-16-5-7-20(32)21(11-16)34-22-8-6-17(13-30-22)25(26,27)28/h2-4,6,8-10,12-13,16,20-21H,5,7,11,14H2,1H3/t16-,20+,21-/m1/s1. The van der Waals surface area contributed by atoms with Crippen LogP contribution in [-0.2, 0) is 6.18 Å². The lowest BCUT2D eigenvalue weighted by Crippen LogP contribution is -2.59. The maximum Gasteiger partial charge on any atom is 0.417 e. The van der Waals surface area contributed by atoms with Crippen molar-refractivity contribution >= 4 is 5.91 Å². The van der Waals surface area contributed by atoms with Crippen molar-refractivity contribution in [2.24, 2.45) is 5.92 Å². The molecule has 9 heteroatoms. The molecule has 1 amide bonds. The fourth-order valence-corrected chi connectivity index (χ4v) is 4.86. The van der Waals surface area contributed by atoms with E-state index in [-0.39, 0.29) is 29.9 Å². The summed E-state index contributed by atoms with van der Waals surface area (Å²) < 4.78 is 44.5. The van der Waals surface area contributed by atoms with Crippen molar-refractivity contribution in [3.8, 4) is 17.1 Å². The van der Waals surface area contributed by atoms with E-state index in [2.05, 4.69) is 15.0 Å². The largest absolute Gasteiger partial charge is 0.472 e. The number of ether oxygens (including phenoxy) is 1. The molecule has 6 rings (SSSR count). The topological polar surface area (TPSA) is 68.2 Å². The maximum absolute atomic E-state index is 13.7. The minimum Gasteiger partial charge on any atom is -0.472 e. The van der Waals surface area contributed by atoms with Gasteiger partial charge in [-0.25, -0.2) is 4.98 Å². The minimum atomic E-state index is -4.45. The molecule has 0 N–H and O–H groups in total. The molecule has 5 heterocycles. The molecule has 0 radical (unpaired) electrons. The molecule has 1 saturated carbocycles. The van der Waals surface area contributed by atoms with Crippen LogP contribution in [0.5, 0.6) is 5.88 Å². The molecule has 3 atom stereocenters. The van der Waals surface area contributed by atoms with E-state index in [1.165, 1.54) is 6.07 Å². The Balaban J connectivity index is 1.40. The first kappa shape index (κ1) is 22.3. The number of alkyl halides is 3. The Morgan fingerprint density at radius 2 is 1.94 bits per heavy atom. The summed E-state index contributed by atoms with van der Waals surface area (Å²) in [5.41, 5.74) is 1.78. The second-order valence-electron chi connectivity index (χ2n) is 8.87. The van der Waals surface area contributed by atoms with Gasteiger partial charge in [0.05, 0.1) is 17.3 Å². The van der Waals surface area contributed by atoms with Crippen LogP contribution in [0.1, 0.15) is 40.9 Å². The number of nitrogens with zero attached hydrogens (tertiary/aromatic N) is 4. The monoisotopic (exact) mass is 468 g/mol. The number of pyridine rings is 3. The molecule has 2 aliphatic heterocycles. The molecule has 3 aliphatic rings. The third kappa shape index (κ3) is 4.34. The molecule has 0 spiro atoms. The van der Waals surface area contributed by atoms with Gasteiger partial charge in [0.25, 0.3) is 5.91 Å². The van der Waals surface area contributed by atoms with E-state index < -0.39 is 11.7 Å². The lowest BCUT2D eigenvalue weighted by Gasteiger charge is -2.49. The molecule has 0 unspecified atom stereocenters. The summed E-state index contributed by atoms with van der Waals surface area (Å²) in [6.45, 7) is 2.51. The molecule has 0 aromatic carbocycles. The van der Waals surface area contributed by atoms with Gasteiger partial charge in [0.1, 0.15) is 11.8 Å². The molecule has 2 saturated heterocycles. The summed E-state index contributed by atoms with van der Waals surface area (Å²) in [6.07, 6.45) is 1.78. The first-order chi connectivity index (χ1) is 16.3. The molecule has 3 aromatic heterocycles. The highest BCUT2D eigenvalue weighted by Gasteiger charge is 2.45. The molecular formula is C25H23F3N4O2. The van der Waals surface area contributed by atoms with Crippen LogP contribution in [0.4, 0.5) is 13.2 Å². The number of aromatic nitrogens is 3. The number of carbonyl (C=O) groups excluding carboxylic acids is 1. The smallest absolute Gasteiger partial charge is 0.417 e. The number of halogens is 3. The first-order valence-electron chi connectivity index (χ1n) is 11.2. The van der Waals surface area contributed by atoms with Gasteiger partial charge in [-0.1, -0.05) is 6.07 Å². The zero-order valence-electron chi connectivity index (χ0n) is 18.5. The number of fused-ring (bicyclic) bond motifs is 3. The zero-order chi connectivity index (χ0) is 23.9. The lowest BCUT2D eigenvalue weighted by atomic mass is 9.77. The van der Waals surface area contributed by atoms with Crippen LogP contribution in [-0.4, -0.2) is 44.4 Å². The van der Waals surface area contributed by atoms with Crippen molar-refractivity contribution in [1.29, 1.82) is 0 Å². The summed E-state index contributed by atoms with van der Waals surface area (Å²) in [5, 5.41) is 0. The maximum atomic E-state index is 13.7. The van der Waals surface area contributed by atoms with E-state index in [1.807, 2.05) is 31.2 Å². The number of aryl methyl sites for hydroxylation is 1. The molecule has 176 valence electrons. The Hall–Kier alpha value is -3.49. The number of rotatable bonds is 4. The van der Waals surface area contributed by atoms with Crippen molar-refractivity contribution in [3.05, 3.63) is 71.8 Å². The fourth-order valence-electron chi connectivity index (χ4n) is 4.86. The second-order valence-corrected chi connectivity index (χ2v) is 8.87. The summed E-state index contributed by atoms with van der Waals surface area (Å²) >= 11 is 0. The average Bonchev–Trinajstić information content (AvgIpc) is 2.84. The van der Waals surface area contributed by atoms with Crippen molar-refractivity contribution in [3.63, 3.8) is 0 Å². The van der Waals surface area contributed by atoms with Gasteiger partial charge in [0.15, 0.2) is 0 Å². The molecule has 3 aromatic rings. The Morgan fingerprint density at radius 3 is 2.62 bits per heavy atom. The van der Waals surface area contributed by atoms with E-state index in [0.717, 1.165) is 37.1 Å². The van der Waals surface area contributed by atoms with E-state index in [4.69, 9.17) is 4.74 Å². The molecule has 3 fully saturated rings. The zero-order valence-corrected chi connectivity index (χ0v) is 18.5. The third-order valence-electron chi connectivity index (χ3n) is 6.49. The van der Waals surface area contributed by atoms with Crippen LogP contribution in [0.3, 0.4) is 0 Å². The Kier molecular flexibility index (Phi) is 5.71. The Bertz CT molecular complexity index is 1190. The van der Waals surface area contributed by atoms with Crippen LogP contribution in [0.2, 0.25) is 0 Å². The fraction of sp³-hybridized carbons (Fsp3) is 0.360. The van der Waals surface area contributed by atoms with Crippen LogP contribution in [0.25, 0.3) is 11.3 Å². The van der Waals surface area contributed by atoms with Crippen molar-refractivity contribution in [1.82, 2.24) is 19.9 Å². The molecular weight excluding hydrogens is 445 g/mol. The summed E-state index contributed by atoms with van der Waals surface area (Å²) in [6, 6.07) is 9.42. The van der Waals surface area contributed by atoms with Crippen LogP contribution in [0.15, 0.2) is 55.0 Å². The van der Waals surface area contributed by atoms with Gasteiger partial charge >= 0.3 is 6.18 Å². The predicted molar refractivity (Wildman–Crippen MR) is 118 cm³/mol. The van der Waals surface area contributed by atoms with E-state index in [9.17, 15) is 18.0 Å². The average molecular weight is 468 g/mol. The van der Waals surface area contributed by atoms with Crippen molar-refractivity contribution < 1.29 is 22.7 Å².